The Bertz CT molecular complexity index is 966. The van der Waals surface area contributed by atoms with Crippen LogP contribution >= 0.6 is 11.8 Å². The summed E-state index contributed by atoms with van der Waals surface area (Å²) < 4.78 is 14.9. The van der Waals surface area contributed by atoms with Crippen LogP contribution in [0.1, 0.15) is 12.0 Å². The number of tetrazole rings is 1. The van der Waals surface area contributed by atoms with Crippen LogP contribution in [0.15, 0.2) is 59.8 Å². The first-order valence-corrected chi connectivity index (χ1v) is 10.4. The van der Waals surface area contributed by atoms with Crippen molar-refractivity contribution in [3.8, 4) is 5.69 Å². The highest BCUT2D eigenvalue weighted by Crippen LogP contribution is 2.19. The molecular formula is C20H21FN6OS. The maximum atomic E-state index is 13.4. The lowest BCUT2D eigenvalue weighted by Gasteiger charge is -2.16. The molecule has 7 nitrogen and oxygen atoms in total. The van der Waals surface area contributed by atoms with E-state index in [1.54, 1.807) is 12.1 Å². The second-order valence-corrected chi connectivity index (χ2v) is 7.86. The van der Waals surface area contributed by atoms with Crippen molar-refractivity contribution >= 4 is 17.7 Å². The molecule has 1 fully saturated rings. The van der Waals surface area contributed by atoms with Gasteiger partial charge in [0, 0.05) is 25.7 Å². The number of carbonyl (C=O) groups is 1. The monoisotopic (exact) mass is 412 g/mol. The summed E-state index contributed by atoms with van der Waals surface area (Å²) in [6.45, 7) is 2.70. The smallest absolute Gasteiger partial charge is 0.230 e. The van der Waals surface area contributed by atoms with Crippen LogP contribution in [0.4, 0.5) is 4.39 Å². The standard InChI is InChI=1S/C20H21FN6OS/c21-16-7-4-8-18(11-16)27-20(23-24-25-27)29-14-19(28)22-17-9-10-26(13-17)12-15-5-2-1-3-6-15/h1-8,11,17H,9-10,12-14H2,(H,22,28)/t17-/m1/s1. The highest BCUT2D eigenvalue weighted by Gasteiger charge is 2.24. The van der Waals surface area contributed by atoms with Gasteiger partial charge in [-0.05, 0) is 40.6 Å². The predicted octanol–water partition coefficient (Wildman–Crippen LogP) is 2.28. The minimum Gasteiger partial charge on any atom is -0.351 e. The van der Waals surface area contributed by atoms with Gasteiger partial charge in [-0.2, -0.15) is 4.68 Å². The van der Waals surface area contributed by atoms with E-state index >= 15 is 0 Å². The highest BCUT2D eigenvalue weighted by molar-refractivity contribution is 7.99. The molecule has 1 atom stereocenters. The lowest BCUT2D eigenvalue weighted by atomic mass is 10.2. The molecule has 0 unspecified atom stereocenters. The van der Waals surface area contributed by atoms with Gasteiger partial charge in [-0.15, -0.1) is 5.10 Å². The molecule has 0 bridgehead atoms. The van der Waals surface area contributed by atoms with Crippen LogP contribution in [-0.4, -0.2) is 55.9 Å². The van der Waals surface area contributed by atoms with Crippen molar-refractivity contribution in [3.05, 3.63) is 66.0 Å². The molecular weight excluding hydrogens is 391 g/mol. The second kappa shape index (κ2) is 9.15. The molecule has 1 saturated heterocycles. The molecule has 9 heteroatoms. The molecule has 2 heterocycles. The van der Waals surface area contributed by atoms with Crippen molar-refractivity contribution in [3.63, 3.8) is 0 Å². The van der Waals surface area contributed by atoms with Gasteiger partial charge in [0.1, 0.15) is 5.82 Å². The number of thioether (sulfide) groups is 1. The summed E-state index contributed by atoms with van der Waals surface area (Å²) in [6.07, 6.45) is 0.935. The SMILES string of the molecule is O=C(CSc1nnnn1-c1cccc(F)c1)N[C@@H]1CCN(Cc2ccccc2)C1. The third-order valence-corrected chi connectivity index (χ3v) is 5.63. The van der Waals surface area contributed by atoms with E-state index in [2.05, 4.69) is 37.9 Å². The van der Waals surface area contributed by atoms with E-state index in [1.807, 2.05) is 18.2 Å². The third-order valence-electron chi connectivity index (χ3n) is 4.71. The first-order valence-electron chi connectivity index (χ1n) is 9.40. The summed E-state index contributed by atoms with van der Waals surface area (Å²) in [5, 5.41) is 15.0. The molecule has 3 aromatic rings. The lowest BCUT2D eigenvalue weighted by Crippen LogP contribution is -2.38. The Kier molecular flexibility index (Phi) is 6.16. The summed E-state index contributed by atoms with van der Waals surface area (Å²) in [7, 11) is 0. The van der Waals surface area contributed by atoms with Gasteiger partial charge in [0.2, 0.25) is 11.1 Å². The average Bonchev–Trinajstić information content (AvgIpc) is 3.36. The molecule has 0 saturated carbocycles. The topological polar surface area (TPSA) is 75.9 Å². The lowest BCUT2D eigenvalue weighted by molar-refractivity contribution is -0.119. The number of rotatable bonds is 7. The van der Waals surface area contributed by atoms with Crippen LogP contribution < -0.4 is 5.32 Å². The summed E-state index contributed by atoms with van der Waals surface area (Å²) >= 11 is 1.23. The fraction of sp³-hybridized carbons (Fsp3) is 0.300. The molecule has 1 aliphatic heterocycles. The Morgan fingerprint density at radius 3 is 2.90 bits per heavy atom. The predicted molar refractivity (Wildman–Crippen MR) is 108 cm³/mol. The van der Waals surface area contributed by atoms with E-state index in [0.717, 1.165) is 26.1 Å². The molecule has 4 rings (SSSR count). The Balaban J connectivity index is 1.27. The largest absolute Gasteiger partial charge is 0.351 e. The fourth-order valence-corrected chi connectivity index (χ4v) is 4.08. The zero-order valence-corrected chi connectivity index (χ0v) is 16.6. The number of halogens is 1. The van der Waals surface area contributed by atoms with E-state index in [9.17, 15) is 9.18 Å². The third kappa shape index (κ3) is 5.18. The van der Waals surface area contributed by atoms with Gasteiger partial charge < -0.3 is 5.32 Å². The van der Waals surface area contributed by atoms with Gasteiger partial charge in [0.05, 0.1) is 11.4 Å². The zero-order valence-electron chi connectivity index (χ0n) is 15.7. The van der Waals surface area contributed by atoms with Gasteiger partial charge in [0.25, 0.3) is 0 Å². The van der Waals surface area contributed by atoms with Crippen molar-refractivity contribution in [2.24, 2.45) is 0 Å². The molecule has 0 spiro atoms. The molecule has 1 amide bonds. The van der Waals surface area contributed by atoms with Crippen molar-refractivity contribution in [2.75, 3.05) is 18.8 Å². The van der Waals surface area contributed by atoms with E-state index in [0.29, 0.717) is 10.8 Å². The molecule has 29 heavy (non-hydrogen) atoms. The summed E-state index contributed by atoms with van der Waals surface area (Å²) in [4.78, 5) is 14.7. The van der Waals surface area contributed by atoms with Crippen LogP contribution in [0.2, 0.25) is 0 Å². The number of nitrogens with zero attached hydrogens (tertiary/aromatic N) is 5. The van der Waals surface area contributed by atoms with E-state index in [4.69, 9.17) is 0 Å². The number of carbonyl (C=O) groups excluding carboxylic acids is 1. The van der Waals surface area contributed by atoms with E-state index in [-0.39, 0.29) is 23.5 Å². The minimum absolute atomic E-state index is 0.0599. The van der Waals surface area contributed by atoms with Crippen molar-refractivity contribution in [1.82, 2.24) is 30.4 Å². The Labute approximate surface area is 172 Å². The van der Waals surface area contributed by atoms with Crippen molar-refractivity contribution < 1.29 is 9.18 Å². The number of hydrogen-bond donors (Lipinski definition) is 1. The molecule has 1 aromatic heterocycles. The number of hydrogen-bond acceptors (Lipinski definition) is 6. The van der Waals surface area contributed by atoms with Crippen LogP contribution in [-0.2, 0) is 11.3 Å². The second-order valence-electron chi connectivity index (χ2n) is 6.92. The Hall–Kier alpha value is -2.78. The Morgan fingerprint density at radius 2 is 2.07 bits per heavy atom. The number of benzene rings is 2. The number of likely N-dealkylation sites (tertiary alicyclic amines) is 1. The minimum atomic E-state index is -0.368. The van der Waals surface area contributed by atoms with Crippen molar-refractivity contribution in [2.45, 2.75) is 24.2 Å². The first-order chi connectivity index (χ1) is 14.2. The maximum absolute atomic E-state index is 13.4. The van der Waals surface area contributed by atoms with E-state index in [1.165, 1.54) is 34.1 Å². The quantitative estimate of drug-likeness (QED) is 0.600. The normalized spacial score (nSPS) is 16.8. The van der Waals surface area contributed by atoms with Crippen LogP contribution in [0.3, 0.4) is 0 Å². The van der Waals surface area contributed by atoms with Gasteiger partial charge in [-0.1, -0.05) is 48.2 Å². The first kappa shape index (κ1) is 19.5. The van der Waals surface area contributed by atoms with Crippen LogP contribution in [0, 0.1) is 5.82 Å². The summed E-state index contributed by atoms with van der Waals surface area (Å²) in [6, 6.07) is 16.5. The maximum Gasteiger partial charge on any atom is 0.230 e. The van der Waals surface area contributed by atoms with Crippen molar-refractivity contribution in [1.29, 1.82) is 0 Å². The molecule has 0 aliphatic carbocycles. The van der Waals surface area contributed by atoms with Gasteiger partial charge >= 0.3 is 0 Å². The molecule has 0 radical (unpaired) electrons. The number of nitrogens with one attached hydrogen (secondary N) is 1. The molecule has 150 valence electrons. The highest BCUT2D eigenvalue weighted by atomic mass is 32.2. The van der Waals surface area contributed by atoms with Gasteiger partial charge in [-0.25, -0.2) is 4.39 Å². The summed E-state index contributed by atoms with van der Waals surface area (Å²) in [5.74, 6) is -0.228. The average molecular weight is 412 g/mol. The molecule has 1 aliphatic rings. The van der Waals surface area contributed by atoms with E-state index < -0.39 is 0 Å². The zero-order chi connectivity index (χ0) is 20.1. The number of aromatic nitrogens is 4. The van der Waals surface area contributed by atoms with Crippen LogP contribution in [0.25, 0.3) is 5.69 Å². The Morgan fingerprint density at radius 1 is 1.21 bits per heavy atom. The fourth-order valence-electron chi connectivity index (χ4n) is 3.37. The van der Waals surface area contributed by atoms with Crippen LogP contribution in [0.5, 0.6) is 0 Å². The summed E-state index contributed by atoms with van der Waals surface area (Å²) in [5.41, 5.74) is 1.80. The number of amides is 1. The van der Waals surface area contributed by atoms with Gasteiger partial charge in [0.15, 0.2) is 0 Å². The molecule has 1 N–H and O–H groups in total. The van der Waals surface area contributed by atoms with Gasteiger partial charge in [-0.3, -0.25) is 9.69 Å². The molecule has 2 aromatic carbocycles.